The largest absolute Gasteiger partial charge is 0.390 e. The molecule has 9 nitrogen and oxygen atoms in total. The maximum atomic E-state index is 10.9. The minimum atomic E-state index is -0.858. The minimum Gasteiger partial charge on any atom is -0.390 e. The molecule has 0 amide bonds. The summed E-state index contributed by atoms with van der Waals surface area (Å²) in [6, 6.07) is 8.21. The molecule has 0 unspecified atom stereocenters. The fraction of sp³-hybridized carbons (Fsp3) is 0.594. The number of nitrogens with two attached hydrogens (primary N) is 1. The molecule has 220 valence electrons. The smallest absolute Gasteiger partial charge is 0.145 e. The molecule has 4 atom stereocenters. The van der Waals surface area contributed by atoms with Crippen molar-refractivity contribution in [3.05, 3.63) is 48.2 Å². The Kier molecular flexibility index (Phi) is 7.11. The third kappa shape index (κ3) is 5.35. The van der Waals surface area contributed by atoms with Gasteiger partial charge in [-0.3, -0.25) is 0 Å². The van der Waals surface area contributed by atoms with Crippen LogP contribution in [0.2, 0.25) is 0 Å². The second-order valence-electron chi connectivity index (χ2n) is 14.1. The van der Waals surface area contributed by atoms with E-state index in [1.165, 1.54) is 24.7 Å². The first kappa shape index (κ1) is 28.1. The van der Waals surface area contributed by atoms with Gasteiger partial charge in [0.15, 0.2) is 0 Å². The van der Waals surface area contributed by atoms with Gasteiger partial charge in [-0.2, -0.15) is 0 Å². The Morgan fingerprint density at radius 1 is 1.05 bits per heavy atom. The molecule has 0 bridgehead atoms. The summed E-state index contributed by atoms with van der Waals surface area (Å²) >= 11 is 0. The van der Waals surface area contributed by atoms with Crippen LogP contribution in [-0.4, -0.2) is 59.0 Å². The molecule has 0 spiro atoms. The molecule has 2 fully saturated rings. The number of nitrogens with one attached hydrogen (secondary N) is 2. The van der Waals surface area contributed by atoms with Gasteiger partial charge < -0.3 is 30.8 Å². The highest BCUT2D eigenvalue weighted by molar-refractivity contribution is 5.86. The number of hydrogen-bond donors (Lipinski definition) is 5. The predicted molar refractivity (Wildman–Crippen MR) is 163 cm³/mol. The lowest BCUT2D eigenvalue weighted by Gasteiger charge is -2.46. The molecule has 9 heteroatoms. The van der Waals surface area contributed by atoms with E-state index in [4.69, 9.17) is 10.7 Å². The van der Waals surface area contributed by atoms with Crippen LogP contribution in [-0.2, 0) is 11.8 Å². The predicted octanol–water partition coefficient (Wildman–Crippen LogP) is 4.50. The zero-order valence-electron chi connectivity index (χ0n) is 24.9. The topological polar surface area (TPSA) is 138 Å². The van der Waals surface area contributed by atoms with Crippen LogP contribution in [0.15, 0.2) is 36.8 Å². The van der Waals surface area contributed by atoms with Crippen molar-refractivity contribution in [3.63, 3.8) is 0 Å². The lowest BCUT2D eigenvalue weighted by Crippen LogP contribution is -2.53. The van der Waals surface area contributed by atoms with Crippen LogP contribution in [0.25, 0.3) is 22.1 Å². The van der Waals surface area contributed by atoms with Crippen molar-refractivity contribution < 1.29 is 10.2 Å². The van der Waals surface area contributed by atoms with Crippen molar-refractivity contribution in [2.45, 2.75) is 95.9 Å². The van der Waals surface area contributed by atoms with Crippen molar-refractivity contribution in [1.82, 2.24) is 29.8 Å². The Hall–Kier alpha value is -3.01. The molecule has 2 saturated carbocycles. The lowest BCUT2D eigenvalue weighted by atomic mass is 9.64. The van der Waals surface area contributed by atoms with Gasteiger partial charge in [0.05, 0.1) is 28.6 Å². The van der Waals surface area contributed by atoms with Crippen molar-refractivity contribution >= 4 is 27.9 Å². The summed E-state index contributed by atoms with van der Waals surface area (Å²) in [6.45, 7) is 11.9. The molecule has 0 saturated heterocycles. The van der Waals surface area contributed by atoms with Crippen LogP contribution in [0.3, 0.4) is 0 Å². The number of fused-ring (bicyclic) bond motifs is 2. The van der Waals surface area contributed by atoms with Gasteiger partial charge in [-0.1, -0.05) is 26.8 Å². The maximum Gasteiger partial charge on any atom is 0.145 e. The van der Waals surface area contributed by atoms with Crippen molar-refractivity contribution in [1.29, 1.82) is 0 Å². The van der Waals surface area contributed by atoms with E-state index in [9.17, 15) is 10.2 Å². The molecule has 3 aromatic heterocycles. The quantitative estimate of drug-likeness (QED) is 0.214. The molecule has 0 radical (unpaired) electrons. The Morgan fingerprint density at radius 2 is 1.83 bits per heavy atom. The lowest BCUT2D eigenvalue weighted by molar-refractivity contribution is 0.00350. The van der Waals surface area contributed by atoms with Crippen LogP contribution < -0.4 is 11.1 Å². The van der Waals surface area contributed by atoms with Crippen LogP contribution in [0.1, 0.15) is 77.7 Å². The molecule has 3 heterocycles. The normalized spacial score (nSPS) is 27.1. The first-order chi connectivity index (χ1) is 19.4. The van der Waals surface area contributed by atoms with Gasteiger partial charge in [0.25, 0.3) is 0 Å². The zero-order chi connectivity index (χ0) is 29.1. The van der Waals surface area contributed by atoms with Gasteiger partial charge in [0, 0.05) is 30.6 Å². The number of benzene rings is 1. The molecular formula is C32H45N7O2. The van der Waals surface area contributed by atoms with E-state index in [0.717, 1.165) is 35.1 Å². The van der Waals surface area contributed by atoms with E-state index in [2.05, 4.69) is 73.1 Å². The number of hydrogen-bond acceptors (Lipinski definition) is 7. The SMILES string of the molecule is CC(C)(C)c1ccc2[nH]c(CCC3CC(C(C)(C)NC[C@H]4C[C@@H](n5ccc6c(N)ncnc65)[C@H](O)[C@@H]4O)C3)nc2c1. The molecular weight excluding hydrogens is 514 g/mol. The Bertz CT molecular complexity index is 1530. The fourth-order valence-corrected chi connectivity index (χ4v) is 6.92. The van der Waals surface area contributed by atoms with Crippen LogP contribution >= 0.6 is 0 Å². The molecule has 4 aromatic rings. The average Bonchev–Trinajstić information content (AvgIpc) is 3.57. The van der Waals surface area contributed by atoms with Gasteiger partial charge >= 0.3 is 0 Å². The number of nitrogen functional groups attached to an aromatic ring is 1. The van der Waals surface area contributed by atoms with E-state index < -0.39 is 12.2 Å². The van der Waals surface area contributed by atoms with E-state index in [1.54, 1.807) is 0 Å². The Labute approximate surface area is 242 Å². The number of anilines is 1. The molecule has 6 N–H and O–H groups in total. The van der Waals surface area contributed by atoms with E-state index in [-0.39, 0.29) is 22.9 Å². The molecule has 2 aliphatic carbocycles. The minimum absolute atomic E-state index is 0.0379. The molecule has 0 aliphatic heterocycles. The van der Waals surface area contributed by atoms with Gasteiger partial charge in [0.1, 0.15) is 29.7 Å². The summed E-state index contributed by atoms with van der Waals surface area (Å²) in [5, 5.41) is 26.4. The number of rotatable bonds is 8. The first-order valence-corrected chi connectivity index (χ1v) is 15.1. The maximum absolute atomic E-state index is 10.9. The van der Waals surface area contributed by atoms with Gasteiger partial charge in [-0.15, -0.1) is 0 Å². The summed E-state index contributed by atoms with van der Waals surface area (Å²) < 4.78 is 1.94. The Balaban J connectivity index is 1.00. The standard InChI is InChI=1S/C32H45N7O2/c1-31(2,3)20-7-8-23-24(15-20)38-26(37-23)9-6-18-12-21(13-18)32(4,5)36-16-19-14-25(28(41)27(19)40)39-11-10-22-29(33)34-17-35-30(22)39/h7-8,10-11,15,17-19,21,25,27-28,36,40-41H,6,9,12-14,16H2,1-5H3,(H,37,38)(H2,33,34,35)/t18?,19-,21?,25-,27-,28+/m1/s1. The number of aliphatic hydroxyl groups excluding tert-OH is 2. The van der Waals surface area contributed by atoms with Crippen LogP contribution in [0, 0.1) is 17.8 Å². The molecule has 2 aliphatic rings. The summed E-state index contributed by atoms with van der Waals surface area (Å²) in [5.74, 6) is 2.75. The number of aryl methyl sites for hydroxylation is 1. The third-order valence-corrected chi connectivity index (χ3v) is 9.93. The summed E-state index contributed by atoms with van der Waals surface area (Å²) in [5.41, 5.74) is 10.3. The number of aromatic nitrogens is 5. The molecule has 6 rings (SSSR count). The third-order valence-electron chi connectivity index (χ3n) is 9.93. The van der Waals surface area contributed by atoms with Gasteiger partial charge in [-0.05, 0) is 80.5 Å². The first-order valence-electron chi connectivity index (χ1n) is 15.1. The van der Waals surface area contributed by atoms with Crippen molar-refractivity contribution in [3.8, 4) is 0 Å². The highest BCUT2D eigenvalue weighted by atomic mass is 16.3. The number of imidazole rings is 1. The van der Waals surface area contributed by atoms with E-state index in [1.807, 2.05) is 16.8 Å². The monoisotopic (exact) mass is 559 g/mol. The molecule has 41 heavy (non-hydrogen) atoms. The summed E-state index contributed by atoms with van der Waals surface area (Å²) in [7, 11) is 0. The fourth-order valence-electron chi connectivity index (χ4n) is 6.92. The van der Waals surface area contributed by atoms with Gasteiger partial charge in [0.2, 0.25) is 0 Å². The van der Waals surface area contributed by atoms with E-state index >= 15 is 0 Å². The number of H-pyrrole nitrogens is 1. The summed E-state index contributed by atoms with van der Waals surface area (Å²) in [6.07, 6.45) is 6.86. The number of aromatic amines is 1. The highest BCUT2D eigenvalue weighted by Gasteiger charge is 2.45. The van der Waals surface area contributed by atoms with Crippen LogP contribution in [0.5, 0.6) is 0 Å². The van der Waals surface area contributed by atoms with Crippen LogP contribution in [0.4, 0.5) is 5.82 Å². The molecule has 1 aromatic carbocycles. The Morgan fingerprint density at radius 3 is 2.59 bits per heavy atom. The van der Waals surface area contributed by atoms with E-state index in [0.29, 0.717) is 36.3 Å². The second kappa shape index (κ2) is 10.4. The highest BCUT2D eigenvalue weighted by Crippen LogP contribution is 2.44. The zero-order valence-corrected chi connectivity index (χ0v) is 24.9. The number of nitrogens with zero attached hydrogens (tertiary/aromatic N) is 4. The second-order valence-corrected chi connectivity index (χ2v) is 14.1. The van der Waals surface area contributed by atoms with Crippen molar-refractivity contribution in [2.75, 3.05) is 12.3 Å². The summed E-state index contributed by atoms with van der Waals surface area (Å²) in [4.78, 5) is 16.9. The average molecular weight is 560 g/mol. The van der Waals surface area contributed by atoms with Crippen molar-refractivity contribution in [2.24, 2.45) is 17.8 Å². The number of aliphatic hydroxyl groups is 2. The van der Waals surface area contributed by atoms with Gasteiger partial charge in [-0.25, -0.2) is 15.0 Å².